The first kappa shape index (κ1) is 8.97. The van der Waals surface area contributed by atoms with Gasteiger partial charge in [0.05, 0.1) is 6.26 Å². The number of nitrogens with one attached hydrogen (secondary N) is 1. The smallest absolute Gasteiger partial charge is 0.289 e. The normalized spacial score (nSPS) is 29.5. The molecule has 2 aliphatic rings. The van der Waals surface area contributed by atoms with Crippen LogP contribution in [0.15, 0.2) is 22.8 Å². The molecule has 1 N–H and O–H groups in total. The van der Waals surface area contributed by atoms with Crippen LogP contribution in [0.25, 0.3) is 0 Å². The van der Waals surface area contributed by atoms with Crippen LogP contribution in [0.3, 0.4) is 0 Å². The molecule has 0 aromatic carbocycles. The minimum atomic E-state index is 0.0324. The van der Waals surface area contributed by atoms with Crippen LogP contribution in [-0.4, -0.2) is 36.5 Å². The lowest BCUT2D eigenvalue weighted by atomic mass is 9.83. The Labute approximate surface area is 88.2 Å². The highest BCUT2D eigenvalue weighted by atomic mass is 16.3. The van der Waals surface area contributed by atoms with Crippen molar-refractivity contribution >= 4 is 5.91 Å². The summed E-state index contributed by atoms with van der Waals surface area (Å²) >= 11 is 0. The molecule has 15 heavy (non-hydrogen) atoms. The second-order valence-electron chi connectivity index (χ2n) is 4.26. The average molecular weight is 206 g/mol. The Morgan fingerprint density at radius 2 is 2.53 bits per heavy atom. The van der Waals surface area contributed by atoms with Crippen molar-refractivity contribution in [3.63, 3.8) is 0 Å². The Morgan fingerprint density at radius 3 is 3.27 bits per heavy atom. The van der Waals surface area contributed by atoms with Crippen LogP contribution >= 0.6 is 0 Å². The lowest BCUT2D eigenvalue weighted by Gasteiger charge is -2.50. The van der Waals surface area contributed by atoms with E-state index in [9.17, 15) is 4.79 Å². The molecular weight excluding hydrogens is 192 g/mol. The summed E-state index contributed by atoms with van der Waals surface area (Å²) in [4.78, 5) is 13.9. The SMILES string of the molecule is O=C(c1ccco1)N1CC2CCNCC21. The molecule has 1 aromatic heterocycles. The fraction of sp³-hybridized carbons (Fsp3) is 0.545. The molecule has 2 fully saturated rings. The monoisotopic (exact) mass is 206 g/mol. The van der Waals surface area contributed by atoms with Crippen LogP contribution < -0.4 is 5.32 Å². The first-order valence-corrected chi connectivity index (χ1v) is 5.41. The molecular formula is C11H14N2O2. The van der Waals surface area contributed by atoms with Gasteiger partial charge in [-0.1, -0.05) is 0 Å². The van der Waals surface area contributed by atoms with E-state index in [4.69, 9.17) is 4.42 Å². The minimum Gasteiger partial charge on any atom is -0.459 e. The summed E-state index contributed by atoms with van der Waals surface area (Å²) in [5.74, 6) is 1.19. The fourth-order valence-electron chi connectivity index (χ4n) is 2.50. The summed E-state index contributed by atoms with van der Waals surface area (Å²) in [6.07, 6.45) is 2.73. The standard InChI is InChI=1S/C11H14N2O2/c14-11(10-2-1-5-15-10)13-7-8-3-4-12-6-9(8)13/h1-2,5,8-9,12H,3-4,6-7H2. The summed E-state index contributed by atoms with van der Waals surface area (Å²) in [5.41, 5.74) is 0. The predicted octanol–water partition coefficient (Wildman–Crippen LogP) is 0.713. The first-order valence-electron chi connectivity index (χ1n) is 5.41. The predicted molar refractivity (Wildman–Crippen MR) is 54.5 cm³/mol. The number of carbonyl (C=O) groups is 1. The van der Waals surface area contributed by atoms with Gasteiger partial charge >= 0.3 is 0 Å². The van der Waals surface area contributed by atoms with E-state index in [0.29, 0.717) is 17.7 Å². The topological polar surface area (TPSA) is 45.5 Å². The zero-order valence-electron chi connectivity index (χ0n) is 8.48. The van der Waals surface area contributed by atoms with Crippen molar-refractivity contribution in [3.05, 3.63) is 24.2 Å². The summed E-state index contributed by atoms with van der Waals surface area (Å²) in [5, 5.41) is 3.32. The second-order valence-corrected chi connectivity index (χ2v) is 4.26. The molecule has 2 aliphatic heterocycles. The van der Waals surface area contributed by atoms with Gasteiger partial charge in [-0.25, -0.2) is 0 Å². The van der Waals surface area contributed by atoms with Crippen molar-refractivity contribution in [2.24, 2.45) is 5.92 Å². The molecule has 4 nitrogen and oxygen atoms in total. The third-order valence-electron chi connectivity index (χ3n) is 3.41. The van der Waals surface area contributed by atoms with Crippen molar-refractivity contribution in [2.75, 3.05) is 19.6 Å². The Bertz CT molecular complexity index is 361. The molecule has 2 atom stereocenters. The van der Waals surface area contributed by atoms with Crippen LogP contribution in [0.1, 0.15) is 17.0 Å². The van der Waals surface area contributed by atoms with E-state index in [-0.39, 0.29) is 5.91 Å². The maximum Gasteiger partial charge on any atom is 0.289 e. The molecule has 1 aromatic rings. The first-order chi connectivity index (χ1) is 7.36. The minimum absolute atomic E-state index is 0.0324. The molecule has 3 heterocycles. The summed E-state index contributed by atoms with van der Waals surface area (Å²) in [7, 11) is 0. The summed E-state index contributed by atoms with van der Waals surface area (Å²) < 4.78 is 5.12. The lowest BCUT2D eigenvalue weighted by Crippen LogP contribution is -2.65. The summed E-state index contributed by atoms with van der Waals surface area (Å²) in [6, 6.07) is 3.87. The average Bonchev–Trinajstić information content (AvgIpc) is 2.72. The number of rotatable bonds is 1. The maximum atomic E-state index is 11.9. The second kappa shape index (κ2) is 3.38. The van der Waals surface area contributed by atoms with Crippen LogP contribution in [0, 0.1) is 5.92 Å². The third kappa shape index (κ3) is 1.36. The Morgan fingerprint density at radius 1 is 1.60 bits per heavy atom. The van der Waals surface area contributed by atoms with Gasteiger partial charge in [-0.3, -0.25) is 4.79 Å². The molecule has 4 heteroatoms. The van der Waals surface area contributed by atoms with Gasteiger partial charge < -0.3 is 14.6 Å². The summed E-state index contributed by atoms with van der Waals surface area (Å²) in [6.45, 7) is 2.91. The van der Waals surface area contributed by atoms with Crippen LogP contribution in [-0.2, 0) is 0 Å². The number of hydrogen-bond donors (Lipinski definition) is 1. The zero-order chi connectivity index (χ0) is 10.3. The fourth-order valence-corrected chi connectivity index (χ4v) is 2.50. The molecule has 0 bridgehead atoms. The number of carbonyl (C=O) groups excluding carboxylic acids is 1. The molecule has 1 amide bonds. The molecule has 0 radical (unpaired) electrons. The van der Waals surface area contributed by atoms with E-state index in [1.165, 1.54) is 6.42 Å². The van der Waals surface area contributed by atoms with Crippen LogP contribution in [0.2, 0.25) is 0 Å². The van der Waals surface area contributed by atoms with Gasteiger partial charge in [0.15, 0.2) is 5.76 Å². The van der Waals surface area contributed by atoms with E-state index in [0.717, 1.165) is 19.6 Å². The largest absolute Gasteiger partial charge is 0.459 e. The lowest BCUT2D eigenvalue weighted by molar-refractivity contribution is 0.000435. The molecule has 2 unspecified atom stereocenters. The molecule has 0 aliphatic carbocycles. The Balaban J connectivity index is 1.72. The highest BCUT2D eigenvalue weighted by molar-refractivity contribution is 5.92. The molecule has 80 valence electrons. The molecule has 0 saturated carbocycles. The van der Waals surface area contributed by atoms with Gasteiger partial charge in [0.2, 0.25) is 0 Å². The van der Waals surface area contributed by atoms with Gasteiger partial charge in [0.25, 0.3) is 5.91 Å². The van der Waals surface area contributed by atoms with Crippen molar-refractivity contribution in [3.8, 4) is 0 Å². The van der Waals surface area contributed by atoms with Gasteiger partial charge in [0.1, 0.15) is 0 Å². The van der Waals surface area contributed by atoms with Gasteiger partial charge in [0, 0.05) is 19.1 Å². The number of furan rings is 1. The van der Waals surface area contributed by atoms with Crippen LogP contribution in [0.5, 0.6) is 0 Å². The number of hydrogen-bond acceptors (Lipinski definition) is 3. The Hall–Kier alpha value is -1.29. The number of likely N-dealkylation sites (tertiary alicyclic amines) is 1. The van der Waals surface area contributed by atoms with Crippen molar-refractivity contribution in [2.45, 2.75) is 12.5 Å². The van der Waals surface area contributed by atoms with E-state index < -0.39 is 0 Å². The number of amides is 1. The highest BCUT2D eigenvalue weighted by Gasteiger charge is 2.43. The van der Waals surface area contributed by atoms with E-state index in [2.05, 4.69) is 5.32 Å². The number of piperidine rings is 1. The Kier molecular flexibility index (Phi) is 2.02. The van der Waals surface area contributed by atoms with E-state index in [1.54, 1.807) is 18.4 Å². The van der Waals surface area contributed by atoms with Crippen molar-refractivity contribution in [1.82, 2.24) is 10.2 Å². The van der Waals surface area contributed by atoms with Crippen LogP contribution in [0.4, 0.5) is 0 Å². The quantitative estimate of drug-likeness (QED) is 0.736. The zero-order valence-corrected chi connectivity index (χ0v) is 8.48. The molecule has 3 rings (SSSR count). The van der Waals surface area contributed by atoms with E-state index >= 15 is 0 Å². The molecule has 2 saturated heterocycles. The van der Waals surface area contributed by atoms with Crippen molar-refractivity contribution in [1.29, 1.82) is 0 Å². The number of nitrogens with zero attached hydrogens (tertiary/aromatic N) is 1. The number of fused-ring (bicyclic) bond motifs is 1. The van der Waals surface area contributed by atoms with E-state index in [1.807, 2.05) is 4.90 Å². The maximum absolute atomic E-state index is 11.9. The highest BCUT2D eigenvalue weighted by Crippen LogP contribution is 2.30. The third-order valence-corrected chi connectivity index (χ3v) is 3.41. The van der Waals surface area contributed by atoms with Gasteiger partial charge in [-0.05, 0) is 31.0 Å². The van der Waals surface area contributed by atoms with Gasteiger partial charge in [-0.2, -0.15) is 0 Å². The van der Waals surface area contributed by atoms with Gasteiger partial charge in [-0.15, -0.1) is 0 Å². The van der Waals surface area contributed by atoms with Crippen molar-refractivity contribution < 1.29 is 9.21 Å². The molecule has 0 spiro atoms.